The SMILES string of the molecule is C=C[C@@H](N)C(=O)OC(C)(C)C. The third-order valence-electron chi connectivity index (χ3n) is 0.933. The summed E-state index contributed by atoms with van der Waals surface area (Å²) in [5.41, 5.74) is 4.86. The fourth-order valence-electron chi connectivity index (χ4n) is 0.466. The summed E-state index contributed by atoms with van der Waals surface area (Å²) in [4.78, 5) is 11.0. The van der Waals surface area contributed by atoms with Crippen LogP contribution in [0.25, 0.3) is 0 Å². The van der Waals surface area contributed by atoms with Crippen LogP contribution in [0, 0.1) is 0 Å². The molecule has 0 rings (SSSR count). The highest BCUT2D eigenvalue weighted by Crippen LogP contribution is 2.07. The van der Waals surface area contributed by atoms with Crippen LogP contribution in [0.2, 0.25) is 0 Å². The molecular weight excluding hydrogens is 142 g/mol. The van der Waals surface area contributed by atoms with E-state index >= 15 is 0 Å². The molecule has 11 heavy (non-hydrogen) atoms. The lowest BCUT2D eigenvalue weighted by Gasteiger charge is -2.20. The molecule has 0 radical (unpaired) electrons. The van der Waals surface area contributed by atoms with Gasteiger partial charge in [0.1, 0.15) is 11.6 Å². The number of nitrogens with two attached hydrogens (primary N) is 1. The Labute approximate surface area is 67.2 Å². The lowest BCUT2D eigenvalue weighted by molar-refractivity contribution is -0.155. The average molecular weight is 157 g/mol. The number of hydrogen-bond donors (Lipinski definition) is 1. The Balaban J connectivity index is 3.98. The van der Waals surface area contributed by atoms with Crippen LogP contribution < -0.4 is 5.73 Å². The Morgan fingerprint density at radius 1 is 1.64 bits per heavy atom. The molecule has 0 saturated carbocycles. The number of carbonyl (C=O) groups is 1. The summed E-state index contributed by atoms with van der Waals surface area (Å²) in [5.74, 6) is -0.438. The third kappa shape index (κ3) is 4.56. The van der Waals surface area contributed by atoms with Crippen LogP contribution in [0.5, 0.6) is 0 Å². The molecule has 2 N–H and O–H groups in total. The Hall–Kier alpha value is -0.830. The molecule has 0 heterocycles. The summed E-state index contributed by atoms with van der Waals surface area (Å²) >= 11 is 0. The van der Waals surface area contributed by atoms with E-state index in [1.165, 1.54) is 6.08 Å². The normalized spacial score (nSPS) is 13.8. The Bertz CT molecular complexity index is 158. The first-order valence-electron chi connectivity index (χ1n) is 3.48. The van der Waals surface area contributed by atoms with Gasteiger partial charge in [0.05, 0.1) is 0 Å². The minimum absolute atomic E-state index is 0.438. The zero-order valence-corrected chi connectivity index (χ0v) is 7.26. The molecule has 0 aromatic heterocycles. The fraction of sp³-hybridized carbons (Fsp3) is 0.625. The van der Waals surface area contributed by atoms with E-state index in [0.29, 0.717) is 0 Å². The topological polar surface area (TPSA) is 52.3 Å². The van der Waals surface area contributed by atoms with Crippen molar-refractivity contribution in [1.29, 1.82) is 0 Å². The van der Waals surface area contributed by atoms with Crippen LogP contribution in [-0.2, 0) is 9.53 Å². The second kappa shape index (κ2) is 3.53. The Morgan fingerprint density at radius 2 is 2.09 bits per heavy atom. The van der Waals surface area contributed by atoms with Crippen LogP contribution in [0.1, 0.15) is 20.8 Å². The van der Waals surface area contributed by atoms with Gasteiger partial charge in [-0.2, -0.15) is 0 Å². The molecular formula is C8H15NO2. The lowest BCUT2D eigenvalue weighted by Crippen LogP contribution is -2.35. The quantitative estimate of drug-likeness (QED) is 0.477. The molecule has 3 heteroatoms. The number of esters is 1. The molecule has 0 bridgehead atoms. The molecule has 0 aromatic carbocycles. The zero-order valence-electron chi connectivity index (χ0n) is 7.26. The van der Waals surface area contributed by atoms with Gasteiger partial charge >= 0.3 is 5.97 Å². The van der Waals surface area contributed by atoms with Gasteiger partial charge in [0.2, 0.25) is 0 Å². The van der Waals surface area contributed by atoms with Gasteiger partial charge in [-0.05, 0) is 20.8 Å². The predicted molar refractivity (Wildman–Crippen MR) is 44.0 cm³/mol. The molecule has 0 unspecified atom stereocenters. The highest BCUT2D eigenvalue weighted by atomic mass is 16.6. The lowest BCUT2D eigenvalue weighted by atomic mass is 10.2. The monoisotopic (exact) mass is 157 g/mol. The number of rotatable bonds is 2. The van der Waals surface area contributed by atoms with Crippen molar-refractivity contribution in [1.82, 2.24) is 0 Å². The maximum atomic E-state index is 11.0. The van der Waals surface area contributed by atoms with Crippen molar-refractivity contribution in [3.8, 4) is 0 Å². The van der Waals surface area contributed by atoms with Gasteiger partial charge in [-0.3, -0.25) is 0 Å². The van der Waals surface area contributed by atoms with Gasteiger partial charge in [0.15, 0.2) is 0 Å². The van der Waals surface area contributed by atoms with E-state index in [9.17, 15) is 4.79 Å². The first-order chi connectivity index (χ1) is 4.87. The standard InChI is InChI=1S/C8H15NO2/c1-5-6(9)7(10)11-8(2,3)4/h5-6H,1,9H2,2-4H3/t6-/m1/s1. The molecule has 0 fully saturated rings. The molecule has 0 aliphatic rings. The molecule has 1 atom stereocenters. The summed E-state index contributed by atoms with van der Waals surface area (Å²) in [7, 11) is 0. The Kier molecular flexibility index (Phi) is 3.26. The predicted octanol–water partition coefficient (Wildman–Crippen LogP) is 0.841. The van der Waals surface area contributed by atoms with Crippen LogP contribution >= 0.6 is 0 Å². The van der Waals surface area contributed by atoms with Gasteiger partial charge < -0.3 is 10.5 Å². The minimum atomic E-state index is -0.714. The van der Waals surface area contributed by atoms with Crippen molar-refractivity contribution in [3.63, 3.8) is 0 Å². The van der Waals surface area contributed by atoms with Crippen molar-refractivity contribution in [3.05, 3.63) is 12.7 Å². The zero-order chi connectivity index (χ0) is 9.07. The van der Waals surface area contributed by atoms with E-state index in [0.717, 1.165) is 0 Å². The van der Waals surface area contributed by atoms with E-state index in [1.807, 2.05) is 0 Å². The summed E-state index contributed by atoms with van der Waals surface area (Å²) < 4.78 is 4.96. The van der Waals surface area contributed by atoms with E-state index in [-0.39, 0.29) is 0 Å². The summed E-state index contributed by atoms with van der Waals surface area (Å²) in [5, 5.41) is 0. The van der Waals surface area contributed by atoms with E-state index in [2.05, 4.69) is 6.58 Å². The van der Waals surface area contributed by atoms with Gasteiger partial charge in [-0.15, -0.1) is 6.58 Å². The molecule has 0 spiro atoms. The smallest absolute Gasteiger partial charge is 0.327 e. The first-order valence-corrected chi connectivity index (χ1v) is 3.48. The molecule has 0 aliphatic carbocycles. The van der Waals surface area contributed by atoms with E-state index in [4.69, 9.17) is 10.5 Å². The van der Waals surface area contributed by atoms with E-state index in [1.54, 1.807) is 20.8 Å². The summed E-state index contributed by atoms with van der Waals surface area (Å²) in [6.07, 6.45) is 1.36. The van der Waals surface area contributed by atoms with E-state index < -0.39 is 17.6 Å². The van der Waals surface area contributed by atoms with Gasteiger partial charge in [-0.25, -0.2) is 4.79 Å². The highest BCUT2D eigenvalue weighted by Gasteiger charge is 2.19. The van der Waals surface area contributed by atoms with Crippen LogP contribution in [0.4, 0.5) is 0 Å². The maximum Gasteiger partial charge on any atom is 0.327 e. The molecule has 0 aliphatic heterocycles. The highest BCUT2D eigenvalue weighted by molar-refractivity contribution is 5.77. The molecule has 0 saturated heterocycles. The summed E-state index contributed by atoms with van der Waals surface area (Å²) in [6, 6.07) is -0.714. The second-order valence-electron chi connectivity index (χ2n) is 3.29. The second-order valence-corrected chi connectivity index (χ2v) is 3.29. The fourth-order valence-corrected chi connectivity index (χ4v) is 0.466. The third-order valence-corrected chi connectivity index (χ3v) is 0.933. The van der Waals surface area contributed by atoms with Crippen molar-refractivity contribution in [2.75, 3.05) is 0 Å². The molecule has 0 aromatic rings. The average Bonchev–Trinajstić information content (AvgIpc) is 1.82. The first kappa shape index (κ1) is 10.2. The molecule has 0 amide bonds. The summed E-state index contributed by atoms with van der Waals surface area (Å²) in [6.45, 7) is 8.76. The van der Waals surface area contributed by atoms with Crippen LogP contribution in [0.3, 0.4) is 0 Å². The van der Waals surface area contributed by atoms with Crippen molar-refractivity contribution in [2.24, 2.45) is 5.73 Å². The number of carbonyl (C=O) groups excluding carboxylic acids is 1. The minimum Gasteiger partial charge on any atom is -0.459 e. The molecule has 3 nitrogen and oxygen atoms in total. The molecule has 64 valence electrons. The maximum absolute atomic E-state index is 11.0. The van der Waals surface area contributed by atoms with Gasteiger partial charge in [0, 0.05) is 0 Å². The van der Waals surface area contributed by atoms with Crippen molar-refractivity contribution < 1.29 is 9.53 Å². The number of ether oxygens (including phenoxy) is 1. The van der Waals surface area contributed by atoms with Gasteiger partial charge in [-0.1, -0.05) is 6.08 Å². The van der Waals surface area contributed by atoms with Gasteiger partial charge in [0.25, 0.3) is 0 Å². The van der Waals surface area contributed by atoms with Crippen LogP contribution in [0.15, 0.2) is 12.7 Å². The number of hydrogen-bond acceptors (Lipinski definition) is 3. The largest absolute Gasteiger partial charge is 0.459 e. The van der Waals surface area contributed by atoms with Crippen molar-refractivity contribution in [2.45, 2.75) is 32.4 Å². The van der Waals surface area contributed by atoms with Crippen LogP contribution in [-0.4, -0.2) is 17.6 Å². The Morgan fingerprint density at radius 3 is 2.36 bits per heavy atom. The van der Waals surface area contributed by atoms with Crippen molar-refractivity contribution >= 4 is 5.97 Å².